The minimum Gasteiger partial charge on any atom is -0.497 e. The van der Waals surface area contributed by atoms with Crippen LogP contribution in [0.3, 0.4) is 0 Å². The van der Waals surface area contributed by atoms with Gasteiger partial charge in [-0.05, 0) is 12.1 Å². The number of carbonyl (C=O) groups excluding carboxylic acids is 1. The van der Waals surface area contributed by atoms with E-state index in [0.29, 0.717) is 22.1 Å². The number of methoxy groups -OCH3 is 2. The highest BCUT2D eigenvalue weighted by Gasteiger charge is 2.10. The normalized spacial score (nSPS) is 9.73. The van der Waals surface area contributed by atoms with E-state index in [9.17, 15) is 4.79 Å². The molecule has 0 bridgehead atoms. The Morgan fingerprint density at radius 1 is 0.909 bits per heavy atom. The fourth-order valence-electron chi connectivity index (χ4n) is 1.79. The van der Waals surface area contributed by atoms with Gasteiger partial charge < -0.3 is 9.47 Å². The number of rotatable bonds is 4. The monoisotopic (exact) mass is 316 g/mol. The maximum absolute atomic E-state index is 12.2. The molecule has 0 heterocycles. The van der Waals surface area contributed by atoms with E-state index in [2.05, 4.69) is 10.9 Å². The minimum absolute atomic E-state index is 0.338. The van der Waals surface area contributed by atoms with Crippen LogP contribution in [0.15, 0.2) is 48.5 Å². The van der Waals surface area contributed by atoms with Crippen LogP contribution in [0.2, 0.25) is 0 Å². The summed E-state index contributed by atoms with van der Waals surface area (Å²) in [7, 11) is 3.05. The molecule has 2 N–H and O–H groups in total. The molecule has 0 aromatic heterocycles. The van der Waals surface area contributed by atoms with Crippen LogP contribution in [-0.4, -0.2) is 25.1 Å². The van der Waals surface area contributed by atoms with Gasteiger partial charge in [0.2, 0.25) is 0 Å². The van der Waals surface area contributed by atoms with Crippen molar-refractivity contribution in [1.82, 2.24) is 10.9 Å². The quantitative estimate of drug-likeness (QED) is 0.669. The van der Waals surface area contributed by atoms with Crippen molar-refractivity contribution in [3.63, 3.8) is 0 Å². The van der Waals surface area contributed by atoms with Crippen LogP contribution < -0.4 is 20.3 Å². The summed E-state index contributed by atoms with van der Waals surface area (Å²) in [6.07, 6.45) is 0. The molecule has 0 spiro atoms. The molecule has 6 heteroatoms. The van der Waals surface area contributed by atoms with Crippen molar-refractivity contribution in [2.75, 3.05) is 14.2 Å². The molecule has 0 radical (unpaired) electrons. The third-order valence-electron chi connectivity index (χ3n) is 2.94. The van der Waals surface area contributed by atoms with Gasteiger partial charge in [0.1, 0.15) is 16.5 Å². The number of hydrogen-bond donors (Lipinski definition) is 2. The number of benzene rings is 2. The first kappa shape index (κ1) is 15.8. The first-order chi connectivity index (χ1) is 10.6. The molecule has 0 aliphatic heterocycles. The second-order valence-electron chi connectivity index (χ2n) is 4.38. The van der Waals surface area contributed by atoms with E-state index >= 15 is 0 Å². The lowest BCUT2D eigenvalue weighted by Gasteiger charge is -2.11. The van der Waals surface area contributed by atoms with Crippen LogP contribution in [-0.2, 0) is 0 Å². The van der Waals surface area contributed by atoms with Crippen molar-refractivity contribution < 1.29 is 14.3 Å². The second kappa shape index (κ2) is 7.42. The van der Waals surface area contributed by atoms with E-state index < -0.39 is 0 Å². The van der Waals surface area contributed by atoms with Crippen LogP contribution in [0.5, 0.6) is 11.5 Å². The molecule has 1 amide bonds. The van der Waals surface area contributed by atoms with Crippen molar-refractivity contribution in [1.29, 1.82) is 0 Å². The average molecular weight is 316 g/mol. The molecule has 5 nitrogen and oxygen atoms in total. The molecule has 22 heavy (non-hydrogen) atoms. The average Bonchev–Trinajstić information content (AvgIpc) is 2.59. The minimum atomic E-state index is -0.338. The Morgan fingerprint density at radius 2 is 1.50 bits per heavy atom. The molecule has 2 rings (SSSR count). The highest BCUT2D eigenvalue weighted by molar-refractivity contribution is 7.80. The lowest BCUT2D eigenvalue weighted by Crippen LogP contribution is -2.41. The number of amides is 1. The lowest BCUT2D eigenvalue weighted by molar-refractivity contribution is 0.0943. The van der Waals surface area contributed by atoms with E-state index in [4.69, 9.17) is 21.7 Å². The largest absolute Gasteiger partial charge is 0.497 e. The van der Waals surface area contributed by atoms with Crippen molar-refractivity contribution in [3.05, 3.63) is 59.7 Å². The Labute approximate surface area is 134 Å². The van der Waals surface area contributed by atoms with E-state index in [-0.39, 0.29) is 5.91 Å². The Hall–Kier alpha value is -2.60. The summed E-state index contributed by atoms with van der Waals surface area (Å²) in [4.78, 5) is 12.6. The Bertz CT molecular complexity index is 652. The van der Waals surface area contributed by atoms with Gasteiger partial charge in [-0.25, -0.2) is 0 Å². The first-order valence-corrected chi connectivity index (χ1v) is 6.93. The van der Waals surface area contributed by atoms with Crippen LogP contribution in [0.25, 0.3) is 0 Å². The molecule has 0 saturated carbocycles. The van der Waals surface area contributed by atoms with Gasteiger partial charge in [0, 0.05) is 17.2 Å². The van der Waals surface area contributed by atoms with Crippen LogP contribution in [0.4, 0.5) is 0 Å². The van der Waals surface area contributed by atoms with Crippen LogP contribution >= 0.6 is 12.2 Å². The van der Waals surface area contributed by atoms with Gasteiger partial charge >= 0.3 is 0 Å². The molecule has 0 fully saturated rings. The smallest absolute Gasteiger partial charge is 0.269 e. The highest BCUT2D eigenvalue weighted by Crippen LogP contribution is 2.22. The SMILES string of the molecule is COc1cc(OC)cc(C(=O)NNC(=S)c2ccccc2)c1. The summed E-state index contributed by atoms with van der Waals surface area (Å²) >= 11 is 5.21. The molecule has 114 valence electrons. The van der Waals surface area contributed by atoms with Gasteiger partial charge in [-0.2, -0.15) is 0 Å². The summed E-state index contributed by atoms with van der Waals surface area (Å²) in [5.41, 5.74) is 6.50. The van der Waals surface area contributed by atoms with Crippen molar-refractivity contribution in [3.8, 4) is 11.5 Å². The zero-order valence-electron chi connectivity index (χ0n) is 12.3. The summed E-state index contributed by atoms with van der Waals surface area (Å²) < 4.78 is 10.3. The molecular weight excluding hydrogens is 300 g/mol. The zero-order valence-corrected chi connectivity index (χ0v) is 13.1. The second-order valence-corrected chi connectivity index (χ2v) is 4.78. The number of nitrogens with one attached hydrogen (secondary N) is 2. The summed E-state index contributed by atoms with van der Waals surface area (Å²) in [5, 5.41) is 0. The molecule has 0 atom stereocenters. The lowest BCUT2D eigenvalue weighted by atomic mass is 10.2. The van der Waals surface area contributed by atoms with E-state index in [1.54, 1.807) is 18.2 Å². The van der Waals surface area contributed by atoms with E-state index in [1.165, 1.54) is 14.2 Å². The number of thiocarbonyl (C=S) groups is 1. The van der Waals surface area contributed by atoms with Crippen molar-refractivity contribution in [2.24, 2.45) is 0 Å². The number of ether oxygens (including phenoxy) is 2. The van der Waals surface area contributed by atoms with Gasteiger partial charge in [-0.1, -0.05) is 42.5 Å². The van der Waals surface area contributed by atoms with E-state index in [0.717, 1.165) is 5.56 Å². The number of hydrogen-bond acceptors (Lipinski definition) is 4. The van der Waals surface area contributed by atoms with Crippen molar-refractivity contribution in [2.45, 2.75) is 0 Å². The molecule has 0 saturated heterocycles. The molecular formula is C16H16N2O3S. The summed E-state index contributed by atoms with van der Waals surface area (Å²) in [6, 6.07) is 14.3. The maximum atomic E-state index is 12.2. The fourth-order valence-corrected chi connectivity index (χ4v) is 1.97. The number of hydrazine groups is 1. The Kier molecular flexibility index (Phi) is 5.32. The molecule has 2 aromatic rings. The topological polar surface area (TPSA) is 59.6 Å². The Balaban J connectivity index is 2.05. The van der Waals surface area contributed by atoms with Crippen molar-refractivity contribution >= 4 is 23.1 Å². The zero-order chi connectivity index (χ0) is 15.9. The van der Waals surface area contributed by atoms with Gasteiger partial charge in [-0.3, -0.25) is 15.6 Å². The summed E-state index contributed by atoms with van der Waals surface area (Å²) in [6.45, 7) is 0. The van der Waals surface area contributed by atoms with Gasteiger partial charge in [0.25, 0.3) is 5.91 Å². The first-order valence-electron chi connectivity index (χ1n) is 6.53. The molecule has 0 aliphatic carbocycles. The number of carbonyl (C=O) groups is 1. The van der Waals surface area contributed by atoms with Gasteiger partial charge in [0.15, 0.2) is 0 Å². The van der Waals surface area contributed by atoms with Crippen LogP contribution in [0, 0.1) is 0 Å². The maximum Gasteiger partial charge on any atom is 0.269 e. The predicted molar refractivity (Wildman–Crippen MR) is 88.3 cm³/mol. The molecule has 0 aliphatic rings. The Morgan fingerprint density at radius 3 is 2.05 bits per heavy atom. The molecule has 2 aromatic carbocycles. The third-order valence-corrected chi connectivity index (χ3v) is 3.28. The third kappa shape index (κ3) is 3.95. The van der Waals surface area contributed by atoms with Gasteiger partial charge in [-0.15, -0.1) is 0 Å². The highest BCUT2D eigenvalue weighted by atomic mass is 32.1. The summed E-state index contributed by atoms with van der Waals surface area (Å²) in [5.74, 6) is 0.737. The molecule has 0 unspecified atom stereocenters. The van der Waals surface area contributed by atoms with Gasteiger partial charge in [0.05, 0.1) is 14.2 Å². The fraction of sp³-hybridized carbons (Fsp3) is 0.125. The van der Waals surface area contributed by atoms with Crippen LogP contribution in [0.1, 0.15) is 15.9 Å². The predicted octanol–water partition coefficient (Wildman–Crippen LogP) is 2.31. The van der Waals surface area contributed by atoms with E-state index in [1.807, 2.05) is 30.3 Å². The standard InChI is InChI=1S/C16H16N2O3S/c1-20-13-8-12(9-14(10-13)21-2)15(19)17-18-16(22)11-6-4-3-5-7-11/h3-10H,1-2H3,(H,17,19)(H,18,22).